The predicted molar refractivity (Wildman–Crippen MR) is 51.1 cm³/mol. The fourth-order valence-corrected chi connectivity index (χ4v) is 1.48. The molecular formula is C10H14N2O2. The molecule has 14 heavy (non-hydrogen) atoms. The number of nitrogens with one attached hydrogen (secondary N) is 1. The molecule has 0 amide bonds. The number of methoxy groups -OCH3 is 1. The van der Waals surface area contributed by atoms with Crippen molar-refractivity contribution in [2.24, 2.45) is 0 Å². The largest absolute Gasteiger partial charge is 0.465 e. The van der Waals surface area contributed by atoms with E-state index in [1.165, 1.54) is 7.11 Å². The van der Waals surface area contributed by atoms with Gasteiger partial charge in [-0.25, -0.2) is 4.79 Å². The molecule has 4 nitrogen and oxygen atoms in total. The van der Waals surface area contributed by atoms with Gasteiger partial charge in [-0.15, -0.1) is 0 Å². The van der Waals surface area contributed by atoms with Crippen molar-refractivity contribution in [2.75, 3.05) is 13.7 Å². The molecule has 4 heteroatoms. The topological polar surface area (TPSA) is 62.1 Å². The molecule has 0 unspecified atom stereocenters. The van der Waals surface area contributed by atoms with Crippen molar-refractivity contribution in [1.29, 1.82) is 5.26 Å². The number of hydrogen-bond acceptors (Lipinski definition) is 4. The number of nitriles is 1. The maximum Gasteiger partial charge on any atom is 0.350 e. The summed E-state index contributed by atoms with van der Waals surface area (Å²) in [5, 5.41) is 11.9. The Balaban J connectivity index is 2.86. The summed E-state index contributed by atoms with van der Waals surface area (Å²) in [6.45, 7) is 0.831. The fraction of sp³-hybridized carbons (Fsp3) is 0.600. The first kappa shape index (κ1) is 10.6. The minimum Gasteiger partial charge on any atom is -0.465 e. The Bertz CT molecular complexity index is 279. The van der Waals surface area contributed by atoms with Crippen LogP contribution < -0.4 is 5.32 Å². The lowest BCUT2D eigenvalue weighted by atomic mass is 10.1. The van der Waals surface area contributed by atoms with Gasteiger partial charge >= 0.3 is 5.97 Å². The minimum absolute atomic E-state index is 0.120. The van der Waals surface area contributed by atoms with Crippen molar-refractivity contribution in [2.45, 2.75) is 25.7 Å². The maximum absolute atomic E-state index is 11.2. The van der Waals surface area contributed by atoms with Crippen molar-refractivity contribution >= 4 is 5.97 Å². The van der Waals surface area contributed by atoms with Gasteiger partial charge in [0.15, 0.2) is 5.57 Å². The first-order chi connectivity index (χ1) is 6.79. The van der Waals surface area contributed by atoms with Gasteiger partial charge in [0.1, 0.15) is 6.07 Å². The van der Waals surface area contributed by atoms with Crippen molar-refractivity contribution in [3.8, 4) is 6.07 Å². The average Bonchev–Trinajstić information content (AvgIpc) is 2.47. The molecule has 1 aliphatic rings. The molecule has 0 atom stereocenters. The Morgan fingerprint density at radius 3 is 2.93 bits per heavy atom. The molecule has 0 spiro atoms. The summed E-state index contributed by atoms with van der Waals surface area (Å²) in [5.41, 5.74) is 0.853. The monoisotopic (exact) mass is 194 g/mol. The molecular weight excluding hydrogens is 180 g/mol. The molecule has 1 rings (SSSR count). The molecule has 1 saturated heterocycles. The van der Waals surface area contributed by atoms with Crippen LogP contribution in [0.4, 0.5) is 0 Å². The normalized spacial score (nSPS) is 20.0. The third kappa shape index (κ3) is 2.49. The molecule has 0 aromatic rings. The molecule has 1 heterocycles. The van der Waals surface area contributed by atoms with Crippen LogP contribution in [0.2, 0.25) is 0 Å². The number of allylic oxidation sites excluding steroid dienone is 1. The van der Waals surface area contributed by atoms with Crippen LogP contribution in [0.5, 0.6) is 0 Å². The Kier molecular flexibility index (Phi) is 3.99. The Hall–Kier alpha value is -1.50. The number of rotatable bonds is 1. The summed E-state index contributed by atoms with van der Waals surface area (Å²) in [6, 6.07) is 1.89. The van der Waals surface area contributed by atoms with Gasteiger partial charge in [0.2, 0.25) is 0 Å². The summed E-state index contributed by atoms with van der Waals surface area (Å²) >= 11 is 0. The van der Waals surface area contributed by atoms with Crippen LogP contribution in [0.3, 0.4) is 0 Å². The minimum atomic E-state index is -0.545. The van der Waals surface area contributed by atoms with Gasteiger partial charge in [0, 0.05) is 12.2 Å². The smallest absolute Gasteiger partial charge is 0.350 e. The molecule has 1 N–H and O–H groups in total. The lowest BCUT2D eigenvalue weighted by molar-refractivity contribution is -0.135. The van der Waals surface area contributed by atoms with E-state index in [1.807, 2.05) is 6.07 Å². The van der Waals surface area contributed by atoms with E-state index >= 15 is 0 Å². The van der Waals surface area contributed by atoms with E-state index in [-0.39, 0.29) is 5.57 Å². The molecule has 1 aliphatic heterocycles. The zero-order valence-corrected chi connectivity index (χ0v) is 8.30. The van der Waals surface area contributed by atoms with Gasteiger partial charge in [0.25, 0.3) is 0 Å². The summed E-state index contributed by atoms with van der Waals surface area (Å²) in [7, 11) is 1.29. The quantitative estimate of drug-likeness (QED) is 0.386. The van der Waals surface area contributed by atoms with E-state index in [1.54, 1.807) is 0 Å². The summed E-state index contributed by atoms with van der Waals surface area (Å²) in [4.78, 5) is 11.2. The van der Waals surface area contributed by atoms with Crippen LogP contribution in [0.25, 0.3) is 0 Å². The number of carbonyl (C=O) groups is 1. The third-order valence-electron chi connectivity index (χ3n) is 2.25. The van der Waals surface area contributed by atoms with E-state index in [0.717, 1.165) is 37.9 Å². The van der Waals surface area contributed by atoms with E-state index in [9.17, 15) is 4.79 Å². The number of ether oxygens (including phenoxy) is 1. The zero-order valence-electron chi connectivity index (χ0n) is 8.30. The van der Waals surface area contributed by atoms with E-state index in [2.05, 4.69) is 10.1 Å². The molecule has 0 aliphatic carbocycles. The van der Waals surface area contributed by atoms with Crippen molar-refractivity contribution in [1.82, 2.24) is 5.32 Å². The molecule has 0 saturated carbocycles. The van der Waals surface area contributed by atoms with Crippen LogP contribution in [0.1, 0.15) is 25.7 Å². The van der Waals surface area contributed by atoms with E-state index < -0.39 is 5.97 Å². The van der Waals surface area contributed by atoms with Crippen LogP contribution in [0, 0.1) is 11.3 Å². The van der Waals surface area contributed by atoms with Gasteiger partial charge in [-0.3, -0.25) is 0 Å². The Morgan fingerprint density at radius 2 is 2.29 bits per heavy atom. The fourth-order valence-electron chi connectivity index (χ4n) is 1.48. The van der Waals surface area contributed by atoms with Crippen molar-refractivity contribution < 1.29 is 9.53 Å². The Labute approximate surface area is 83.5 Å². The zero-order chi connectivity index (χ0) is 10.4. The highest BCUT2D eigenvalue weighted by molar-refractivity contribution is 5.93. The van der Waals surface area contributed by atoms with Crippen molar-refractivity contribution in [3.05, 3.63) is 11.3 Å². The molecule has 76 valence electrons. The van der Waals surface area contributed by atoms with E-state index in [0.29, 0.717) is 0 Å². The first-order valence-corrected chi connectivity index (χ1v) is 4.75. The van der Waals surface area contributed by atoms with Gasteiger partial charge in [0.05, 0.1) is 7.11 Å². The summed E-state index contributed by atoms with van der Waals surface area (Å²) in [5.74, 6) is -0.545. The van der Waals surface area contributed by atoms with Gasteiger partial charge < -0.3 is 10.1 Å². The van der Waals surface area contributed by atoms with Crippen LogP contribution in [-0.4, -0.2) is 19.6 Å². The second kappa shape index (κ2) is 5.28. The van der Waals surface area contributed by atoms with Crippen LogP contribution in [0.15, 0.2) is 11.3 Å². The molecule has 0 bridgehead atoms. The molecule has 0 radical (unpaired) electrons. The molecule has 1 fully saturated rings. The lowest BCUT2D eigenvalue weighted by Crippen LogP contribution is -2.18. The van der Waals surface area contributed by atoms with Crippen LogP contribution in [-0.2, 0) is 9.53 Å². The SMILES string of the molecule is COC(=O)C(C#N)=C1CCCCCN1. The molecule has 0 aromatic carbocycles. The van der Waals surface area contributed by atoms with Crippen molar-refractivity contribution in [3.63, 3.8) is 0 Å². The van der Waals surface area contributed by atoms with Gasteiger partial charge in [-0.05, 0) is 19.3 Å². The van der Waals surface area contributed by atoms with E-state index in [4.69, 9.17) is 5.26 Å². The highest BCUT2D eigenvalue weighted by Gasteiger charge is 2.16. The maximum atomic E-state index is 11.2. The summed E-state index contributed by atoms with van der Waals surface area (Å²) < 4.78 is 4.54. The number of hydrogen-bond donors (Lipinski definition) is 1. The molecule has 0 aromatic heterocycles. The van der Waals surface area contributed by atoms with Gasteiger partial charge in [-0.1, -0.05) is 6.42 Å². The number of carbonyl (C=O) groups excluding carboxylic acids is 1. The average molecular weight is 194 g/mol. The first-order valence-electron chi connectivity index (χ1n) is 4.75. The summed E-state index contributed by atoms with van der Waals surface area (Å²) in [6.07, 6.45) is 4.00. The lowest BCUT2D eigenvalue weighted by Gasteiger charge is -2.07. The third-order valence-corrected chi connectivity index (χ3v) is 2.25. The predicted octanol–water partition coefficient (Wildman–Crippen LogP) is 1.10. The highest BCUT2D eigenvalue weighted by Crippen LogP contribution is 2.15. The second-order valence-corrected chi connectivity index (χ2v) is 3.19. The standard InChI is InChI=1S/C10H14N2O2/c1-14-10(13)8(7-11)9-5-3-2-4-6-12-9/h12H,2-6H2,1H3. The van der Waals surface area contributed by atoms with Crippen LogP contribution >= 0.6 is 0 Å². The number of esters is 1. The number of nitrogens with zero attached hydrogens (tertiary/aromatic N) is 1. The highest BCUT2D eigenvalue weighted by atomic mass is 16.5. The Morgan fingerprint density at radius 1 is 1.50 bits per heavy atom. The second-order valence-electron chi connectivity index (χ2n) is 3.19. The van der Waals surface area contributed by atoms with Gasteiger partial charge in [-0.2, -0.15) is 5.26 Å².